The molecule has 0 bridgehead atoms. The van der Waals surface area contributed by atoms with Crippen LogP contribution in [0.25, 0.3) is 0 Å². The summed E-state index contributed by atoms with van der Waals surface area (Å²) in [5.41, 5.74) is -1.26. The molecule has 0 spiro atoms. The summed E-state index contributed by atoms with van der Waals surface area (Å²) >= 11 is 0. The molecule has 0 heterocycles. The molecule has 60 heavy (non-hydrogen) atoms. The van der Waals surface area contributed by atoms with Crippen molar-refractivity contribution in [3.05, 3.63) is 142 Å². The van der Waals surface area contributed by atoms with Crippen molar-refractivity contribution < 1.29 is 49.1 Å². The maximum absolute atomic E-state index is 12.7. The first-order valence-electron chi connectivity index (χ1n) is 20.6. The third-order valence-electron chi connectivity index (χ3n) is 11.1. The van der Waals surface area contributed by atoms with Crippen LogP contribution in [0.3, 0.4) is 0 Å². The number of ketones is 4. The molecule has 1 saturated carbocycles. The Kier molecular flexibility index (Phi) is 14.3. The van der Waals surface area contributed by atoms with Crippen molar-refractivity contribution in [2.75, 3.05) is 13.2 Å². The predicted octanol–water partition coefficient (Wildman–Crippen LogP) is 8.22. The molecule has 0 radical (unpaired) electrons. The molecule has 10 nitrogen and oxygen atoms in total. The van der Waals surface area contributed by atoms with E-state index in [1.807, 2.05) is 48.5 Å². The average molecular weight is 821 g/mol. The zero-order chi connectivity index (χ0) is 44.2. The summed E-state index contributed by atoms with van der Waals surface area (Å²) in [4.78, 5) is 50.9. The Morgan fingerprint density at radius 1 is 0.417 bits per heavy atom. The molecule has 1 aliphatic carbocycles. The minimum Gasteiger partial charge on any atom is -0.382 e. The molecular formula is C50H60O10. The molecule has 320 valence electrons. The van der Waals surface area contributed by atoms with Gasteiger partial charge in [-0.1, -0.05) is 97.1 Å². The molecule has 4 aromatic rings. The lowest BCUT2D eigenvalue weighted by molar-refractivity contribution is 0.0132. The number of rotatable bonds is 18. The second-order valence-corrected chi connectivity index (χ2v) is 18.4. The van der Waals surface area contributed by atoms with Crippen LogP contribution in [0, 0.1) is 11.8 Å². The van der Waals surface area contributed by atoms with Gasteiger partial charge < -0.3 is 29.9 Å². The van der Waals surface area contributed by atoms with Gasteiger partial charge in [0.05, 0.1) is 13.2 Å². The number of Topliss-reactive ketones (excluding diaryl/α,β-unsaturated/α-hetero) is 4. The minimum absolute atomic E-state index is 0.272. The minimum atomic E-state index is -1.51. The van der Waals surface area contributed by atoms with Gasteiger partial charge in [0.25, 0.3) is 0 Å². The smallest absolute Gasteiger partial charge is 0.193 e. The summed E-state index contributed by atoms with van der Waals surface area (Å²) in [5.74, 6) is -1.01. The number of carbonyl (C=O) groups excluding carboxylic acids is 4. The highest BCUT2D eigenvalue weighted by molar-refractivity contribution is 6.03. The van der Waals surface area contributed by atoms with Crippen LogP contribution in [0.2, 0.25) is 0 Å². The topological polar surface area (TPSA) is 168 Å². The van der Waals surface area contributed by atoms with Crippen molar-refractivity contribution in [2.24, 2.45) is 11.8 Å². The lowest BCUT2D eigenvalue weighted by atomic mass is 9.82. The van der Waals surface area contributed by atoms with Crippen LogP contribution in [0.4, 0.5) is 0 Å². The second kappa shape index (κ2) is 18.5. The zero-order valence-electron chi connectivity index (χ0n) is 36.0. The quantitative estimate of drug-likeness (QED) is 0.0719. The first-order valence-corrected chi connectivity index (χ1v) is 20.6. The summed E-state index contributed by atoms with van der Waals surface area (Å²) in [5, 5.41) is 41.1. The molecule has 4 aromatic carbocycles. The Bertz CT molecular complexity index is 1810. The maximum Gasteiger partial charge on any atom is 0.193 e. The number of hydrogen-bond acceptors (Lipinski definition) is 10. The highest BCUT2D eigenvalue weighted by Crippen LogP contribution is 2.35. The van der Waals surface area contributed by atoms with Crippen LogP contribution in [0.5, 0.6) is 0 Å². The van der Waals surface area contributed by atoms with Gasteiger partial charge >= 0.3 is 0 Å². The van der Waals surface area contributed by atoms with Crippen LogP contribution in [-0.2, 0) is 9.47 Å². The third kappa shape index (κ3) is 11.8. The van der Waals surface area contributed by atoms with E-state index in [-0.39, 0.29) is 35.0 Å². The molecule has 5 rings (SSSR count). The molecule has 1 aliphatic rings. The van der Waals surface area contributed by atoms with Crippen LogP contribution in [0.15, 0.2) is 97.1 Å². The van der Waals surface area contributed by atoms with E-state index in [4.69, 9.17) is 9.47 Å². The van der Waals surface area contributed by atoms with Gasteiger partial charge in [-0.2, -0.15) is 0 Å². The number of ether oxygens (including phenoxy) is 2. The van der Waals surface area contributed by atoms with E-state index >= 15 is 0 Å². The fraction of sp³-hybridized carbons (Fsp3) is 0.440. The van der Waals surface area contributed by atoms with Crippen LogP contribution in [0.1, 0.15) is 157 Å². The third-order valence-corrected chi connectivity index (χ3v) is 11.1. The Labute approximate surface area is 353 Å². The summed E-state index contributed by atoms with van der Waals surface area (Å²) in [7, 11) is 0. The molecule has 0 unspecified atom stereocenters. The molecule has 0 aliphatic heterocycles. The van der Waals surface area contributed by atoms with Crippen molar-refractivity contribution in [3.63, 3.8) is 0 Å². The van der Waals surface area contributed by atoms with Gasteiger partial charge in [-0.15, -0.1) is 0 Å². The molecule has 10 heteroatoms. The summed E-state index contributed by atoms with van der Waals surface area (Å²) in [6, 6.07) is 28.0. The molecule has 0 aromatic heterocycles. The molecule has 4 N–H and O–H groups in total. The molecule has 0 atom stereocenters. The van der Waals surface area contributed by atoms with Crippen molar-refractivity contribution in [2.45, 2.75) is 116 Å². The number of benzene rings is 4. The fourth-order valence-corrected chi connectivity index (χ4v) is 7.45. The van der Waals surface area contributed by atoms with E-state index in [1.54, 1.807) is 48.5 Å². The van der Waals surface area contributed by atoms with Crippen LogP contribution >= 0.6 is 0 Å². The van der Waals surface area contributed by atoms with Gasteiger partial charge in [0.15, 0.2) is 23.1 Å². The highest BCUT2D eigenvalue weighted by Gasteiger charge is 2.31. The van der Waals surface area contributed by atoms with Crippen molar-refractivity contribution in [1.82, 2.24) is 0 Å². The van der Waals surface area contributed by atoms with Gasteiger partial charge in [-0.05, 0) is 115 Å². The van der Waals surface area contributed by atoms with E-state index in [2.05, 4.69) is 0 Å². The fourth-order valence-electron chi connectivity index (χ4n) is 7.45. The van der Waals surface area contributed by atoms with Gasteiger partial charge in [-0.25, -0.2) is 0 Å². The second-order valence-electron chi connectivity index (χ2n) is 18.4. The van der Waals surface area contributed by atoms with E-state index in [1.165, 1.54) is 55.4 Å². The van der Waals surface area contributed by atoms with Crippen molar-refractivity contribution in [1.29, 1.82) is 0 Å². The van der Waals surface area contributed by atoms with E-state index in [9.17, 15) is 39.6 Å². The Morgan fingerprint density at radius 3 is 0.767 bits per heavy atom. The lowest BCUT2D eigenvalue weighted by Crippen LogP contribution is -2.31. The van der Waals surface area contributed by atoms with Gasteiger partial charge in [0.1, 0.15) is 34.6 Å². The van der Waals surface area contributed by atoms with Crippen molar-refractivity contribution >= 4 is 23.1 Å². The Balaban J connectivity index is 1.28. The van der Waals surface area contributed by atoms with Crippen molar-refractivity contribution in [3.8, 4) is 0 Å². The number of aliphatic hydroxyl groups is 4. The summed E-state index contributed by atoms with van der Waals surface area (Å²) in [6.45, 7) is 12.6. The van der Waals surface area contributed by atoms with Gasteiger partial charge in [0, 0.05) is 22.3 Å². The van der Waals surface area contributed by atoms with Gasteiger partial charge in [0.2, 0.25) is 0 Å². The normalized spacial score (nSPS) is 16.6. The molecule has 1 fully saturated rings. The van der Waals surface area contributed by atoms with Crippen LogP contribution < -0.4 is 0 Å². The Morgan fingerprint density at radius 2 is 0.600 bits per heavy atom. The summed E-state index contributed by atoms with van der Waals surface area (Å²) in [6.07, 6.45) is 2.63. The zero-order valence-corrected chi connectivity index (χ0v) is 36.0. The first kappa shape index (κ1) is 46.4. The largest absolute Gasteiger partial charge is 0.382 e. The van der Waals surface area contributed by atoms with E-state index in [0.29, 0.717) is 35.5 Å². The first-order chi connectivity index (χ1) is 27.9. The SMILES string of the molecule is CC(C)(O)C(=O)c1ccc(C(OCC2CCC(COC(c3ccc(C(=O)C(C)(C)O)cc3)c3ccc(C(=O)C(C)(C)O)cc3)CC2)c2ccc(C(=O)C(C)(C)O)cc2)cc1. The standard InChI is InChI=1S/C50H60O10/c1-47(2,55)43(51)37-21-13-33(14-22-37)41(34-15-23-38(24-16-34)44(52)48(3,4)56)59-29-31-9-11-32(12-10-31)30-60-42(35-17-25-39(26-18-35)45(53)49(5,6)57)36-19-27-40(28-20-36)46(54)50(7,8)58/h13-28,31-32,41-42,55-58H,9-12,29-30H2,1-8H3. The molecule has 0 amide bonds. The highest BCUT2D eigenvalue weighted by atomic mass is 16.5. The number of hydrogen-bond donors (Lipinski definition) is 4. The van der Waals surface area contributed by atoms with E-state index < -0.39 is 34.6 Å². The molecule has 0 saturated heterocycles. The van der Waals surface area contributed by atoms with E-state index in [0.717, 1.165) is 47.9 Å². The number of carbonyl (C=O) groups is 4. The van der Waals surface area contributed by atoms with Crippen LogP contribution in [-0.4, -0.2) is 79.2 Å². The maximum atomic E-state index is 12.7. The average Bonchev–Trinajstić information content (AvgIpc) is 3.20. The van der Waals surface area contributed by atoms with Gasteiger partial charge in [-0.3, -0.25) is 19.2 Å². The monoisotopic (exact) mass is 820 g/mol. The predicted molar refractivity (Wildman–Crippen MR) is 229 cm³/mol. The molecular weight excluding hydrogens is 761 g/mol. The lowest BCUT2D eigenvalue weighted by Gasteiger charge is -2.31. The Hall–Kier alpha value is -4.68. The summed E-state index contributed by atoms with van der Waals surface area (Å²) < 4.78 is 13.3.